The summed E-state index contributed by atoms with van der Waals surface area (Å²) in [5, 5.41) is 17.1. The molecule has 1 saturated heterocycles. The van der Waals surface area contributed by atoms with Gasteiger partial charge in [0.25, 0.3) is 0 Å². The highest BCUT2D eigenvalue weighted by atomic mass is 28.4. The van der Waals surface area contributed by atoms with Crippen molar-refractivity contribution in [3.8, 4) is 23.1 Å². The Kier molecular flexibility index (Phi) is 9.85. The quantitative estimate of drug-likeness (QED) is 0.166. The molecule has 1 aromatic heterocycles. The predicted molar refractivity (Wildman–Crippen MR) is 181 cm³/mol. The van der Waals surface area contributed by atoms with Gasteiger partial charge in [-0.15, -0.1) is 0 Å². The normalized spacial score (nSPS) is 18.6. The molecule has 10 heteroatoms. The van der Waals surface area contributed by atoms with Crippen LogP contribution in [0.5, 0.6) is 5.75 Å². The Bertz CT molecular complexity index is 1540. The van der Waals surface area contributed by atoms with Gasteiger partial charge in [-0.1, -0.05) is 33.8 Å². The topological polar surface area (TPSA) is 111 Å². The maximum atomic E-state index is 10.1. The van der Waals surface area contributed by atoms with E-state index in [1.54, 1.807) is 13.3 Å². The van der Waals surface area contributed by atoms with Crippen molar-refractivity contribution in [2.45, 2.75) is 70.0 Å². The number of anilines is 3. The highest BCUT2D eigenvalue weighted by Gasteiger charge is 2.42. The van der Waals surface area contributed by atoms with Crippen LogP contribution in [0, 0.1) is 11.3 Å². The number of nitriles is 1. The van der Waals surface area contributed by atoms with E-state index in [9.17, 15) is 5.26 Å². The van der Waals surface area contributed by atoms with E-state index >= 15 is 0 Å². The molecule has 2 aliphatic rings. The van der Waals surface area contributed by atoms with Crippen molar-refractivity contribution in [1.29, 1.82) is 5.26 Å². The molecule has 0 spiro atoms. The molecule has 1 fully saturated rings. The van der Waals surface area contributed by atoms with Crippen LogP contribution in [0.15, 0.2) is 42.6 Å². The number of nitrogens with one attached hydrogen (secondary N) is 2. The number of hydrogen-bond donors (Lipinski definition) is 2. The van der Waals surface area contributed by atoms with Crippen molar-refractivity contribution >= 4 is 25.6 Å². The lowest BCUT2D eigenvalue weighted by molar-refractivity contribution is 0.0852. The second-order valence-electron chi connectivity index (χ2n) is 13.9. The number of benzene rings is 2. The van der Waals surface area contributed by atoms with Gasteiger partial charge < -0.3 is 29.3 Å². The molecular formula is C35H47N5O4Si. The van der Waals surface area contributed by atoms with Crippen molar-refractivity contribution in [2.24, 2.45) is 0 Å². The molecule has 240 valence electrons. The Morgan fingerprint density at radius 3 is 2.62 bits per heavy atom. The van der Waals surface area contributed by atoms with Crippen LogP contribution >= 0.6 is 0 Å². The van der Waals surface area contributed by atoms with Gasteiger partial charge in [0.05, 0.1) is 29.2 Å². The third-order valence-electron chi connectivity index (χ3n) is 9.56. The Morgan fingerprint density at radius 2 is 1.91 bits per heavy atom. The highest BCUT2D eigenvalue weighted by Crippen LogP contribution is 2.44. The average molecular weight is 630 g/mol. The van der Waals surface area contributed by atoms with Gasteiger partial charge in [-0.05, 0) is 78.4 Å². The zero-order valence-corrected chi connectivity index (χ0v) is 28.8. The smallest absolute Gasteiger partial charge is 0.227 e. The molecule has 0 bridgehead atoms. The van der Waals surface area contributed by atoms with Crippen LogP contribution in [-0.4, -0.2) is 65.0 Å². The summed E-state index contributed by atoms with van der Waals surface area (Å²) >= 11 is 0. The molecular weight excluding hydrogens is 583 g/mol. The second-order valence-corrected chi connectivity index (χ2v) is 18.7. The molecule has 0 saturated carbocycles. The van der Waals surface area contributed by atoms with Crippen LogP contribution in [0.1, 0.15) is 63.1 Å². The fraction of sp³-hybridized carbons (Fsp3) is 0.514. The minimum absolute atomic E-state index is 0.113. The number of ether oxygens (including phenoxy) is 3. The molecule has 2 N–H and O–H groups in total. The van der Waals surface area contributed by atoms with E-state index in [-0.39, 0.29) is 10.5 Å². The molecule has 5 rings (SSSR count). The van der Waals surface area contributed by atoms with E-state index in [1.807, 2.05) is 18.2 Å². The number of aromatic nitrogens is 2. The van der Waals surface area contributed by atoms with E-state index in [0.29, 0.717) is 43.8 Å². The van der Waals surface area contributed by atoms with Crippen molar-refractivity contribution in [2.75, 3.05) is 57.3 Å². The fourth-order valence-corrected chi connectivity index (χ4v) is 6.70. The van der Waals surface area contributed by atoms with Crippen molar-refractivity contribution in [3.63, 3.8) is 0 Å². The Balaban J connectivity index is 1.43. The van der Waals surface area contributed by atoms with Gasteiger partial charge in [0.1, 0.15) is 18.4 Å². The minimum Gasteiger partial charge on any atom is -0.489 e. The summed E-state index contributed by atoms with van der Waals surface area (Å²) in [5.74, 6) is 1.63. The zero-order chi connectivity index (χ0) is 32.2. The van der Waals surface area contributed by atoms with Crippen LogP contribution in [-0.2, 0) is 19.3 Å². The first-order chi connectivity index (χ1) is 21.4. The van der Waals surface area contributed by atoms with Gasteiger partial charge in [-0.25, -0.2) is 9.97 Å². The first kappa shape index (κ1) is 32.9. The molecule has 9 nitrogen and oxygen atoms in total. The number of nitrogens with zero attached hydrogens (tertiary/aromatic N) is 3. The number of hydrogen-bond acceptors (Lipinski definition) is 9. The summed E-state index contributed by atoms with van der Waals surface area (Å²) in [6.45, 7) is 17.3. The SMILES string of the molecule is COCCOc1cc(C2CCOCC2)ccc1Nc1nccc(-c2cc(C#N)c3c(c2)[C@@](C)(CO[Si](C)(C)C(C)(C)C)CN3)n1. The maximum Gasteiger partial charge on any atom is 0.227 e. The predicted octanol–water partition coefficient (Wildman–Crippen LogP) is 7.38. The van der Waals surface area contributed by atoms with Gasteiger partial charge in [0, 0.05) is 50.7 Å². The van der Waals surface area contributed by atoms with Crippen LogP contribution in [0.25, 0.3) is 11.3 Å². The molecule has 0 radical (unpaired) electrons. The largest absolute Gasteiger partial charge is 0.489 e. The summed E-state index contributed by atoms with van der Waals surface area (Å²) in [5.41, 5.74) is 5.91. The molecule has 0 aliphatic carbocycles. The lowest BCUT2D eigenvalue weighted by atomic mass is 9.83. The third kappa shape index (κ3) is 7.33. The Morgan fingerprint density at radius 1 is 1.13 bits per heavy atom. The Labute approximate surface area is 268 Å². The van der Waals surface area contributed by atoms with E-state index in [2.05, 4.69) is 80.7 Å². The summed E-state index contributed by atoms with van der Waals surface area (Å²) in [6, 6.07) is 14.6. The van der Waals surface area contributed by atoms with Crippen LogP contribution in [0.2, 0.25) is 18.1 Å². The lowest BCUT2D eigenvalue weighted by Crippen LogP contribution is -2.45. The van der Waals surface area contributed by atoms with Crippen LogP contribution in [0.3, 0.4) is 0 Å². The van der Waals surface area contributed by atoms with Gasteiger partial charge >= 0.3 is 0 Å². The second kappa shape index (κ2) is 13.5. The van der Waals surface area contributed by atoms with Gasteiger partial charge in [-0.3, -0.25) is 0 Å². The summed E-state index contributed by atoms with van der Waals surface area (Å²) in [7, 11) is -0.295. The van der Waals surface area contributed by atoms with Gasteiger partial charge in [0.2, 0.25) is 5.95 Å². The van der Waals surface area contributed by atoms with Gasteiger partial charge in [-0.2, -0.15) is 5.26 Å². The molecule has 0 amide bonds. The first-order valence-corrected chi connectivity index (χ1v) is 18.8. The molecule has 1 atom stereocenters. The fourth-order valence-electron chi connectivity index (χ4n) is 5.59. The van der Waals surface area contributed by atoms with E-state index < -0.39 is 8.32 Å². The third-order valence-corrected chi connectivity index (χ3v) is 14.0. The van der Waals surface area contributed by atoms with Gasteiger partial charge in [0.15, 0.2) is 8.32 Å². The zero-order valence-electron chi connectivity index (χ0n) is 27.8. The molecule has 45 heavy (non-hydrogen) atoms. The van der Waals surface area contributed by atoms with Crippen molar-refractivity contribution in [3.05, 3.63) is 59.3 Å². The molecule has 2 aromatic carbocycles. The lowest BCUT2D eigenvalue weighted by Gasteiger charge is -2.39. The highest BCUT2D eigenvalue weighted by molar-refractivity contribution is 6.74. The van der Waals surface area contributed by atoms with Crippen LogP contribution < -0.4 is 15.4 Å². The van der Waals surface area contributed by atoms with E-state index in [4.69, 9.17) is 23.6 Å². The molecule has 3 heterocycles. The van der Waals surface area contributed by atoms with Crippen LogP contribution in [0.4, 0.5) is 17.3 Å². The number of methoxy groups -OCH3 is 1. The summed E-state index contributed by atoms with van der Waals surface area (Å²) < 4.78 is 23.6. The monoisotopic (exact) mass is 629 g/mol. The minimum atomic E-state index is -1.96. The van der Waals surface area contributed by atoms with Crippen molar-refractivity contribution in [1.82, 2.24) is 9.97 Å². The summed E-state index contributed by atoms with van der Waals surface area (Å²) in [4.78, 5) is 9.40. The number of fused-ring (bicyclic) bond motifs is 1. The van der Waals surface area contributed by atoms with Crippen molar-refractivity contribution < 1.29 is 18.6 Å². The maximum absolute atomic E-state index is 10.1. The Hall–Kier alpha value is -3.49. The summed E-state index contributed by atoms with van der Waals surface area (Å²) in [6.07, 6.45) is 3.74. The van der Waals surface area contributed by atoms with E-state index in [0.717, 1.165) is 60.0 Å². The van der Waals surface area contributed by atoms with E-state index in [1.165, 1.54) is 5.56 Å². The molecule has 2 aliphatic heterocycles. The molecule has 0 unspecified atom stereocenters. The average Bonchev–Trinajstić information content (AvgIpc) is 3.37. The number of rotatable bonds is 11. The first-order valence-electron chi connectivity index (χ1n) is 15.8. The molecule has 3 aromatic rings. The standard InChI is InChI=1S/C35H47N5O4Si/c1-34(2,3)45(6,7)44-23-35(4)22-38-32-27(21-36)18-26(19-28(32)35)29-10-13-37-33(39-29)40-30-9-8-25(24-11-14-42-15-12-24)20-31(30)43-17-16-41-5/h8-10,13,18-20,24,38H,11-12,14-17,22-23H2,1-7H3,(H,37,39,40)/t35-/m1/s1.